The van der Waals surface area contributed by atoms with Crippen LogP contribution in [0, 0.1) is 10.1 Å². The van der Waals surface area contributed by atoms with Crippen LogP contribution < -0.4 is 15.8 Å². The van der Waals surface area contributed by atoms with E-state index in [4.69, 9.17) is 10.5 Å². The van der Waals surface area contributed by atoms with E-state index in [9.17, 15) is 10.1 Å². The Morgan fingerprint density at radius 3 is 2.72 bits per heavy atom. The second kappa shape index (κ2) is 8.65. The number of rotatable bonds is 4. The van der Waals surface area contributed by atoms with E-state index in [2.05, 4.69) is 10.3 Å². The lowest BCUT2D eigenvalue weighted by Gasteiger charge is -2.26. The second-order valence-corrected chi connectivity index (χ2v) is 5.50. The fourth-order valence-electron chi connectivity index (χ4n) is 2.62. The molecule has 0 fully saturated rings. The van der Waals surface area contributed by atoms with Gasteiger partial charge in [0.15, 0.2) is 5.96 Å². The van der Waals surface area contributed by atoms with E-state index in [0.717, 1.165) is 23.3 Å². The zero-order valence-corrected chi connectivity index (χ0v) is 15.8. The van der Waals surface area contributed by atoms with Crippen molar-refractivity contribution in [2.75, 3.05) is 6.61 Å². The molecule has 1 aliphatic heterocycles. The van der Waals surface area contributed by atoms with Gasteiger partial charge in [-0.25, -0.2) is 4.99 Å². The van der Waals surface area contributed by atoms with Gasteiger partial charge < -0.3 is 15.8 Å². The van der Waals surface area contributed by atoms with Crippen LogP contribution >= 0.6 is 24.0 Å². The highest BCUT2D eigenvalue weighted by Crippen LogP contribution is 2.31. The minimum absolute atomic E-state index is 0. The predicted molar refractivity (Wildman–Crippen MR) is 106 cm³/mol. The molecule has 25 heavy (non-hydrogen) atoms. The van der Waals surface area contributed by atoms with Crippen LogP contribution in [0.25, 0.3) is 0 Å². The van der Waals surface area contributed by atoms with E-state index in [0.29, 0.717) is 19.1 Å². The molecule has 3 N–H and O–H groups in total. The van der Waals surface area contributed by atoms with Gasteiger partial charge in [0.05, 0.1) is 24.1 Å². The summed E-state index contributed by atoms with van der Waals surface area (Å²) in [6.07, 6.45) is 0.810. The lowest BCUT2D eigenvalue weighted by atomic mass is 10.0. The van der Waals surface area contributed by atoms with Crippen molar-refractivity contribution in [3.8, 4) is 5.75 Å². The second-order valence-electron chi connectivity index (χ2n) is 5.50. The molecule has 2 aromatic rings. The highest BCUT2D eigenvalue weighted by atomic mass is 127. The van der Waals surface area contributed by atoms with Crippen LogP contribution in [0.15, 0.2) is 53.5 Å². The number of guanidine groups is 1. The lowest BCUT2D eigenvalue weighted by Crippen LogP contribution is -2.37. The SMILES string of the molecule is I.NC(=NCc1ccc([N+](=O)[O-])cc1)NC1CCOc2ccccc21. The summed E-state index contributed by atoms with van der Waals surface area (Å²) in [4.78, 5) is 14.5. The topological polar surface area (TPSA) is 103 Å². The molecule has 0 aromatic heterocycles. The molecule has 1 unspecified atom stereocenters. The third-order valence-electron chi connectivity index (χ3n) is 3.86. The van der Waals surface area contributed by atoms with Crippen molar-refractivity contribution in [1.82, 2.24) is 5.32 Å². The molecule has 0 radical (unpaired) electrons. The van der Waals surface area contributed by atoms with E-state index in [1.54, 1.807) is 12.1 Å². The van der Waals surface area contributed by atoms with Crippen LogP contribution in [0.2, 0.25) is 0 Å². The van der Waals surface area contributed by atoms with Crippen molar-refractivity contribution in [3.63, 3.8) is 0 Å². The van der Waals surface area contributed by atoms with Crippen LogP contribution in [0.4, 0.5) is 5.69 Å². The van der Waals surface area contributed by atoms with E-state index in [1.165, 1.54) is 12.1 Å². The van der Waals surface area contributed by atoms with Crippen molar-refractivity contribution < 1.29 is 9.66 Å². The first kappa shape index (κ1) is 19.0. The molecule has 0 saturated carbocycles. The molecule has 8 heteroatoms. The number of benzene rings is 2. The van der Waals surface area contributed by atoms with Gasteiger partial charge in [0.2, 0.25) is 0 Å². The molecule has 0 aliphatic carbocycles. The number of nitro groups is 1. The summed E-state index contributed by atoms with van der Waals surface area (Å²) in [5, 5.41) is 13.9. The van der Waals surface area contributed by atoms with Gasteiger partial charge in [-0.05, 0) is 11.6 Å². The number of hydrogen-bond acceptors (Lipinski definition) is 4. The number of aliphatic imine (C=N–C) groups is 1. The number of fused-ring (bicyclic) bond motifs is 1. The number of halogens is 1. The van der Waals surface area contributed by atoms with Crippen LogP contribution in [0.1, 0.15) is 23.6 Å². The summed E-state index contributed by atoms with van der Waals surface area (Å²) < 4.78 is 5.62. The van der Waals surface area contributed by atoms with Crippen LogP contribution in [-0.2, 0) is 6.54 Å². The van der Waals surface area contributed by atoms with Gasteiger partial charge in [0.1, 0.15) is 5.75 Å². The van der Waals surface area contributed by atoms with Gasteiger partial charge in [0, 0.05) is 24.1 Å². The van der Waals surface area contributed by atoms with E-state index < -0.39 is 4.92 Å². The predicted octanol–water partition coefficient (Wildman–Crippen LogP) is 3.14. The summed E-state index contributed by atoms with van der Waals surface area (Å²) in [6.45, 7) is 0.992. The Morgan fingerprint density at radius 2 is 2.00 bits per heavy atom. The molecule has 1 heterocycles. The first-order valence-corrected chi connectivity index (χ1v) is 7.65. The van der Waals surface area contributed by atoms with E-state index in [1.807, 2.05) is 24.3 Å². The van der Waals surface area contributed by atoms with Gasteiger partial charge in [-0.2, -0.15) is 0 Å². The third kappa shape index (κ3) is 4.81. The number of nitrogens with one attached hydrogen (secondary N) is 1. The minimum atomic E-state index is -0.425. The number of non-ortho nitro benzene ring substituents is 1. The fraction of sp³-hybridized carbons (Fsp3) is 0.235. The lowest BCUT2D eigenvalue weighted by molar-refractivity contribution is -0.384. The van der Waals surface area contributed by atoms with Crippen LogP contribution in [0.3, 0.4) is 0 Å². The quantitative estimate of drug-likeness (QED) is 0.243. The summed E-state index contributed by atoms with van der Waals surface area (Å²) in [6, 6.07) is 14.2. The largest absolute Gasteiger partial charge is 0.493 e. The average molecular weight is 454 g/mol. The number of ether oxygens (including phenoxy) is 1. The highest BCUT2D eigenvalue weighted by molar-refractivity contribution is 14.0. The average Bonchev–Trinajstić information content (AvgIpc) is 2.61. The van der Waals surface area contributed by atoms with E-state index in [-0.39, 0.29) is 35.7 Å². The maximum absolute atomic E-state index is 10.6. The molecule has 3 rings (SSSR count). The first-order valence-electron chi connectivity index (χ1n) is 7.65. The van der Waals surface area contributed by atoms with Crippen LogP contribution in [0.5, 0.6) is 5.75 Å². The number of hydrogen-bond donors (Lipinski definition) is 2. The number of nitrogens with two attached hydrogens (primary N) is 1. The number of nitro benzene ring substituents is 1. The number of nitrogens with zero attached hydrogens (tertiary/aromatic N) is 2. The third-order valence-corrected chi connectivity index (χ3v) is 3.86. The molecule has 7 nitrogen and oxygen atoms in total. The molecular weight excluding hydrogens is 435 g/mol. The highest BCUT2D eigenvalue weighted by Gasteiger charge is 2.21. The Hall–Kier alpha value is -2.36. The Labute approximate surface area is 162 Å². The van der Waals surface area contributed by atoms with Crippen molar-refractivity contribution in [1.29, 1.82) is 0 Å². The Morgan fingerprint density at radius 1 is 1.28 bits per heavy atom. The fourth-order valence-corrected chi connectivity index (χ4v) is 2.62. The van der Waals surface area contributed by atoms with Crippen LogP contribution in [-0.4, -0.2) is 17.5 Å². The van der Waals surface area contributed by atoms with Gasteiger partial charge in [-0.15, -0.1) is 24.0 Å². The Kier molecular flexibility index (Phi) is 6.57. The zero-order valence-electron chi connectivity index (χ0n) is 13.4. The van der Waals surface area contributed by atoms with Crippen molar-refractivity contribution in [3.05, 3.63) is 69.8 Å². The standard InChI is InChI=1S/C17H18N4O3.HI/c18-17(19-11-12-5-7-13(8-6-12)21(22)23)20-15-9-10-24-16-4-2-1-3-14(15)16;/h1-8,15H,9-11H2,(H3,18,19,20);1H. The van der Waals surface area contributed by atoms with Gasteiger partial charge >= 0.3 is 0 Å². The zero-order chi connectivity index (χ0) is 16.9. The summed E-state index contributed by atoms with van der Waals surface area (Å²) in [7, 11) is 0. The monoisotopic (exact) mass is 454 g/mol. The molecule has 2 aromatic carbocycles. The molecule has 1 aliphatic rings. The molecule has 1 atom stereocenters. The van der Waals surface area contributed by atoms with Crippen molar-refractivity contribution in [2.45, 2.75) is 19.0 Å². The number of para-hydroxylation sites is 1. The summed E-state index contributed by atoms with van der Waals surface area (Å²) in [5.41, 5.74) is 7.97. The maximum atomic E-state index is 10.6. The molecule has 132 valence electrons. The van der Waals surface area contributed by atoms with Gasteiger partial charge in [-0.3, -0.25) is 10.1 Å². The maximum Gasteiger partial charge on any atom is 0.269 e. The van der Waals surface area contributed by atoms with Crippen molar-refractivity contribution in [2.24, 2.45) is 10.7 Å². The minimum Gasteiger partial charge on any atom is -0.493 e. The Balaban J connectivity index is 0.00000225. The Bertz CT molecular complexity index is 765. The molecule has 0 bridgehead atoms. The summed E-state index contributed by atoms with van der Waals surface area (Å²) >= 11 is 0. The molecule has 0 saturated heterocycles. The van der Waals surface area contributed by atoms with E-state index >= 15 is 0 Å². The smallest absolute Gasteiger partial charge is 0.269 e. The summed E-state index contributed by atoms with van der Waals surface area (Å²) in [5.74, 6) is 1.21. The molecule has 0 spiro atoms. The molecular formula is C17H19IN4O3. The first-order chi connectivity index (χ1) is 11.6. The van der Waals surface area contributed by atoms with Gasteiger partial charge in [0.25, 0.3) is 5.69 Å². The van der Waals surface area contributed by atoms with Gasteiger partial charge in [-0.1, -0.05) is 30.3 Å². The molecule has 0 amide bonds. The van der Waals surface area contributed by atoms with Crippen molar-refractivity contribution >= 4 is 35.6 Å². The normalized spacial score (nSPS) is 16.2.